The first kappa shape index (κ1) is 17.6. The monoisotopic (exact) mass is 363 g/mol. The second-order valence-electron chi connectivity index (χ2n) is 7.39. The Balaban J connectivity index is 1.50. The highest BCUT2D eigenvalue weighted by Crippen LogP contribution is 2.32. The number of anilines is 2. The Labute approximate surface area is 160 Å². The van der Waals surface area contributed by atoms with Crippen molar-refractivity contribution in [3.8, 4) is 0 Å². The zero-order chi connectivity index (χ0) is 18.8. The Bertz CT molecular complexity index is 847. The van der Waals surface area contributed by atoms with E-state index in [1.807, 2.05) is 29.2 Å². The molecule has 27 heavy (non-hydrogen) atoms. The van der Waals surface area contributed by atoms with Crippen LogP contribution in [0.15, 0.2) is 48.5 Å². The molecule has 0 radical (unpaired) electrons. The fourth-order valence-electron chi connectivity index (χ4n) is 3.84. The van der Waals surface area contributed by atoms with E-state index in [1.165, 1.54) is 11.1 Å². The van der Waals surface area contributed by atoms with Crippen molar-refractivity contribution >= 4 is 23.3 Å². The van der Waals surface area contributed by atoms with Gasteiger partial charge in [0.15, 0.2) is 0 Å². The predicted molar refractivity (Wildman–Crippen MR) is 107 cm³/mol. The molecule has 3 amide bonds. The van der Waals surface area contributed by atoms with Gasteiger partial charge in [-0.1, -0.05) is 35.9 Å². The summed E-state index contributed by atoms with van der Waals surface area (Å²) in [6, 6.07) is 16.0. The summed E-state index contributed by atoms with van der Waals surface area (Å²) in [5, 5.41) is 3.03. The van der Waals surface area contributed by atoms with Crippen LogP contribution in [0.25, 0.3) is 0 Å². The highest BCUT2D eigenvalue weighted by Gasteiger charge is 2.29. The number of urea groups is 1. The minimum Gasteiger partial charge on any atom is -0.317 e. The molecule has 1 N–H and O–H groups in total. The summed E-state index contributed by atoms with van der Waals surface area (Å²) in [5.41, 5.74) is 3.99. The van der Waals surface area contributed by atoms with Gasteiger partial charge in [0.1, 0.15) is 0 Å². The molecule has 0 bridgehead atoms. The Kier molecular flexibility index (Phi) is 4.84. The maximum atomic E-state index is 13.0. The molecule has 2 aromatic rings. The second-order valence-corrected chi connectivity index (χ2v) is 7.39. The minimum atomic E-state index is -0.0765. The molecule has 140 valence electrons. The highest BCUT2D eigenvalue weighted by molar-refractivity contribution is 6.00. The van der Waals surface area contributed by atoms with Gasteiger partial charge in [0, 0.05) is 30.9 Å². The van der Waals surface area contributed by atoms with Gasteiger partial charge in [-0.15, -0.1) is 0 Å². The molecule has 1 atom stereocenters. The van der Waals surface area contributed by atoms with E-state index < -0.39 is 0 Å². The first-order valence-corrected chi connectivity index (χ1v) is 9.66. The van der Waals surface area contributed by atoms with Gasteiger partial charge >= 0.3 is 6.03 Å². The van der Waals surface area contributed by atoms with Crippen molar-refractivity contribution in [1.29, 1.82) is 0 Å². The van der Waals surface area contributed by atoms with Crippen LogP contribution in [0.5, 0.6) is 0 Å². The molecular weight excluding hydrogens is 338 g/mol. The maximum Gasteiger partial charge on any atom is 0.322 e. The largest absolute Gasteiger partial charge is 0.322 e. The second kappa shape index (κ2) is 7.43. The molecule has 1 unspecified atom stereocenters. The van der Waals surface area contributed by atoms with E-state index >= 15 is 0 Å². The van der Waals surface area contributed by atoms with Crippen LogP contribution < -0.4 is 10.2 Å². The van der Waals surface area contributed by atoms with Crippen molar-refractivity contribution < 1.29 is 9.59 Å². The van der Waals surface area contributed by atoms with Crippen molar-refractivity contribution in [2.45, 2.75) is 38.6 Å². The number of aryl methyl sites for hydroxylation is 1. The van der Waals surface area contributed by atoms with Gasteiger partial charge in [-0.2, -0.15) is 0 Å². The summed E-state index contributed by atoms with van der Waals surface area (Å²) in [6.45, 7) is 3.58. The SMILES string of the molecule is Cc1ccc(C2CCCCN2C(=O)Nc2cccc(N3CCC3=O)c2)cc1. The Morgan fingerprint density at radius 1 is 1.07 bits per heavy atom. The zero-order valence-corrected chi connectivity index (χ0v) is 15.6. The van der Waals surface area contributed by atoms with Gasteiger partial charge in [0.25, 0.3) is 0 Å². The number of carbonyl (C=O) groups is 2. The van der Waals surface area contributed by atoms with Crippen LogP contribution in [0.4, 0.5) is 16.2 Å². The van der Waals surface area contributed by atoms with Crippen LogP contribution in [0, 0.1) is 6.92 Å². The van der Waals surface area contributed by atoms with E-state index in [2.05, 4.69) is 36.5 Å². The Morgan fingerprint density at radius 3 is 2.59 bits per heavy atom. The van der Waals surface area contributed by atoms with Crippen molar-refractivity contribution in [2.75, 3.05) is 23.3 Å². The van der Waals surface area contributed by atoms with Gasteiger partial charge in [0.05, 0.1) is 6.04 Å². The lowest BCUT2D eigenvalue weighted by Crippen LogP contribution is -2.43. The van der Waals surface area contributed by atoms with E-state index in [9.17, 15) is 9.59 Å². The molecule has 0 aliphatic carbocycles. The number of nitrogens with zero attached hydrogens (tertiary/aromatic N) is 2. The van der Waals surface area contributed by atoms with Gasteiger partial charge in [-0.25, -0.2) is 4.79 Å². The number of benzene rings is 2. The number of nitrogens with one attached hydrogen (secondary N) is 1. The lowest BCUT2D eigenvalue weighted by Gasteiger charge is -2.36. The average molecular weight is 363 g/mol. The minimum absolute atomic E-state index is 0.0765. The van der Waals surface area contributed by atoms with Crippen LogP contribution in [0.2, 0.25) is 0 Å². The van der Waals surface area contributed by atoms with Crippen LogP contribution >= 0.6 is 0 Å². The molecule has 2 aliphatic rings. The molecule has 2 saturated heterocycles. The first-order chi connectivity index (χ1) is 13.1. The summed E-state index contributed by atoms with van der Waals surface area (Å²) < 4.78 is 0. The quantitative estimate of drug-likeness (QED) is 0.817. The summed E-state index contributed by atoms with van der Waals surface area (Å²) in [5.74, 6) is 0.133. The third kappa shape index (κ3) is 3.68. The van der Waals surface area contributed by atoms with E-state index in [0.717, 1.165) is 43.7 Å². The molecule has 2 fully saturated rings. The molecule has 2 aliphatic heterocycles. The predicted octanol–water partition coefficient (Wildman–Crippen LogP) is 4.49. The van der Waals surface area contributed by atoms with E-state index in [0.29, 0.717) is 6.42 Å². The molecular formula is C22H25N3O2. The number of hydrogen-bond acceptors (Lipinski definition) is 2. The fraction of sp³-hybridized carbons (Fsp3) is 0.364. The normalized spacial score (nSPS) is 19.6. The van der Waals surface area contributed by atoms with Crippen LogP contribution in [0.3, 0.4) is 0 Å². The van der Waals surface area contributed by atoms with Gasteiger partial charge in [-0.05, 0) is 49.9 Å². The smallest absolute Gasteiger partial charge is 0.317 e. The van der Waals surface area contributed by atoms with Crippen LogP contribution in [-0.4, -0.2) is 29.9 Å². The van der Waals surface area contributed by atoms with E-state index in [4.69, 9.17) is 0 Å². The number of likely N-dealkylation sites (tertiary alicyclic amines) is 1. The molecule has 0 spiro atoms. The third-order valence-corrected chi connectivity index (χ3v) is 5.49. The van der Waals surface area contributed by atoms with Crippen molar-refractivity contribution in [3.05, 3.63) is 59.7 Å². The number of hydrogen-bond donors (Lipinski definition) is 1. The average Bonchev–Trinajstić information content (AvgIpc) is 2.68. The van der Waals surface area contributed by atoms with Crippen molar-refractivity contribution in [2.24, 2.45) is 0 Å². The highest BCUT2D eigenvalue weighted by atomic mass is 16.2. The van der Waals surface area contributed by atoms with E-state index in [1.54, 1.807) is 4.90 Å². The third-order valence-electron chi connectivity index (χ3n) is 5.49. The number of piperidine rings is 1. The Morgan fingerprint density at radius 2 is 1.89 bits per heavy atom. The summed E-state index contributed by atoms with van der Waals surface area (Å²) >= 11 is 0. The van der Waals surface area contributed by atoms with Gasteiger partial charge < -0.3 is 15.1 Å². The topological polar surface area (TPSA) is 52.7 Å². The van der Waals surface area contributed by atoms with Crippen LogP contribution in [0.1, 0.15) is 42.9 Å². The number of carbonyl (C=O) groups excluding carboxylic acids is 2. The van der Waals surface area contributed by atoms with Crippen LogP contribution in [-0.2, 0) is 4.79 Å². The van der Waals surface area contributed by atoms with Gasteiger partial charge in [0.2, 0.25) is 5.91 Å². The lowest BCUT2D eigenvalue weighted by molar-refractivity contribution is -0.122. The van der Waals surface area contributed by atoms with E-state index in [-0.39, 0.29) is 18.0 Å². The zero-order valence-electron chi connectivity index (χ0n) is 15.6. The van der Waals surface area contributed by atoms with Crippen molar-refractivity contribution in [1.82, 2.24) is 4.90 Å². The van der Waals surface area contributed by atoms with Crippen molar-refractivity contribution in [3.63, 3.8) is 0 Å². The molecule has 2 heterocycles. The number of β-lactam (4-membered cyclic amide) rings is 1. The van der Waals surface area contributed by atoms with Gasteiger partial charge in [-0.3, -0.25) is 4.79 Å². The molecule has 0 saturated carbocycles. The standard InChI is InChI=1S/C22H25N3O2/c1-16-8-10-17(11-9-16)20-7-2-3-13-25(20)22(27)23-18-5-4-6-19(15-18)24-14-12-21(24)26/h4-6,8-11,15,20H,2-3,7,12-14H2,1H3,(H,23,27). The maximum absolute atomic E-state index is 13.0. The lowest BCUT2D eigenvalue weighted by atomic mass is 9.95. The molecule has 2 aromatic carbocycles. The number of amides is 3. The molecule has 5 nitrogen and oxygen atoms in total. The summed E-state index contributed by atoms with van der Waals surface area (Å²) in [7, 11) is 0. The fourth-order valence-corrected chi connectivity index (χ4v) is 3.84. The first-order valence-electron chi connectivity index (χ1n) is 9.66. The summed E-state index contributed by atoms with van der Waals surface area (Å²) in [6.07, 6.45) is 3.74. The molecule has 5 heteroatoms. The number of rotatable bonds is 3. The molecule has 0 aromatic heterocycles. The Hall–Kier alpha value is -2.82. The molecule has 4 rings (SSSR count). The summed E-state index contributed by atoms with van der Waals surface area (Å²) in [4.78, 5) is 28.3.